The van der Waals surface area contributed by atoms with Gasteiger partial charge in [-0.15, -0.1) is 0 Å². The number of aryl methyl sites for hydroxylation is 1. The van der Waals surface area contributed by atoms with E-state index in [9.17, 15) is 0 Å². The monoisotopic (exact) mass is 262 g/mol. The molecule has 106 valence electrons. The van der Waals surface area contributed by atoms with Gasteiger partial charge in [0.25, 0.3) is 0 Å². The lowest BCUT2D eigenvalue weighted by Gasteiger charge is -2.29. The van der Waals surface area contributed by atoms with Crippen molar-refractivity contribution in [3.63, 3.8) is 0 Å². The van der Waals surface area contributed by atoms with Crippen molar-refractivity contribution in [3.05, 3.63) is 23.5 Å². The third-order valence-electron chi connectivity index (χ3n) is 4.15. The molecule has 1 aliphatic carbocycles. The van der Waals surface area contributed by atoms with E-state index in [0.29, 0.717) is 6.04 Å². The predicted octanol–water partition coefficient (Wildman–Crippen LogP) is 3.46. The second-order valence-electron chi connectivity index (χ2n) is 5.66. The summed E-state index contributed by atoms with van der Waals surface area (Å²) in [5.41, 5.74) is 2.10. The number of aromatic nitrogens is 1. The summed E-state index contributed by atoms with van der Waals surface area (Å²) in [6.45, 7) is 5.17. The summed E-state index contributed by atoms with van der Waals surface area (Å²) >= 11 is 0. The summed E-state index contributed by atoms with van der Waals surface area (Å²) in [4.78, 5) is 4.56. The van der Waals surface area contributed by atoms with Crippen LogP contribution in [0, 0.1) is 12.8 Å². The molecule has 0 aromatic carbocycles. The maximum Gasteiger partial charge on any atom is 0.122 e. The number of hydrogen-bond donors (Lipinski definition) is 1. The van der Waals surface area contributed by atoms with E-state index in [2.05, 4.69) is 17.2 Å². The van der Waals surface area contributed by atoms with Crippen LogP contribution in [0.15, 0.2) is 12.1 Å². The number of methoxy groups -OCH3 is 1. The Labute approximate surface area is 116 Å². The standard InChI is InChI=1S/C16H26N2O/c1-4-13-6-5-7-14(9-13)17-11-15-10-16(19-3)8-12(2)18-15/h8,10,13-14,17H,4-7,9,11H2,1-3H3. The molecule has 1 saturated carbocycles. The van der Waals surface area contributed by atoms with Crippen molar-refractivity contribution in [2.45, 2.75) is 58.5 Å². The van der Waals surface area contributed by atoms with E-state index in [-0.39, 0.29) is 0 Å². The zero-order valence-corrected chi connectivity index (χ0v) is 12.4. The Morgan fingerprint density at radius 1 is 1.37 bits per heavy atom. The largest absolute Gasteiger partial charge is 0.497 e. The lowest BCUT2D eigenvalue weighted by molar-refractivity contribution is 0.277. The minimum Gasteiger partial charge on any atom is -0.497 e. The highest BCUT2D eigenvalue weighted by molar-refractivity contribution is 5.26. The van der Waals surface area contributed by atoms with Gasteiger partial charge in [0.2, 0.25) is 0 Å². The van der Waals surface area contributed by atoms with Crippen LogP contribution < -0.4 is 10.1 Å². The predicted molar refractivity (Wildman–Crippen MR) is 78.4 cm³/mol. The van der Waals surface area contributed by atoms with Crippen LogP contribution in [0.25, 0.3) is 0 Å². The first-order valence-corrected chi connectivity index (χ1v) is 7.46. The van der Waals surface area contributed by atoms with E-state index in [1.54, 1.807) is 7.11 Å². The number of nitrogens with zero attached hydrogens (tertiary/aromatic N) is 1. The van der Waals surface area contributed by atoms with Crippen LogP contribution in [0.2, 0.25) is 0 Å². The number of nitrogens with one attached hydrogen (secondary N) is 1. The molecule has 0 spiro atoms. The topological polar surface area (TPSA) is 34.1 Å². The molecule has 0 amide bonds. The minimum atomic E-state index is 0.659. The SMILES string of the molecule is CCC1CCCC(NCc2cc(OC)cc(C)n2)C1. The molecule has 0 aliphatic heterocycles. The lowest BCUT2D eigenvalue weighted by atomic mass is 9.84. The highest BCUT2D eigenvalue weighted by atomic mass is 16.5. The fraction of sp³-hybridized carbons (Fsp3) is 0.688. The molecule has 1 aromatic rings. The van der Waals surface area contributed by atoms with E-state index in [1.165, 1.54) is 32.1 Å². The molecular formula is C16H26N2O. The third kappa shape index (κ3) is 4.20. The molecule has 2 atom stereocenters. The van der Waals surface area contributed by atoms with Gasteiger partial charge in [0.1, 0.15) is 5.75 Å². The Balaban J connectivity index is 1.89. The Hall–Kier alpha value is -1.09. The summed E-state index contributed by atoms with van der Waals surface area (Å²) in [5, 5.41) is 3.66. The van der Waals surface area contributed by atoms with Crippen LogP contribution in [-0.4, -0.2) is 18.1 Å². The average Bonchev–Trinajstić information content (AvgIpc) is 2.44. The Kier molecular flexibility index (Phi) is 5.20. The van der Waals surface area contributed by atoms with E-state index in [0.717, 1.165) is 29.6 Å². The summed E-state index contributed by atoms with van der Waals surface area (Å²) in [5.74, 6) is 1.81. The summed E-state index contributed by atoms with van der Waals surface area (Å²) < 4.78 is 5.29. The highest BCUT2D eigenvalue weighted by Crippen LogP contribution is 2.26. The quantitative estimate of drug-likeness (QED) is 0.882. The van der Waals surface area contributed by atoms with Crippen molar-refractivity contribution < 1.29 is 4.74 Å². The average molecular weight is 262 g/mol. The first-order valence-electron chi connectivity index (χ1n) is 7.46. The molecule has 2 rings (SSSR count). The van der Waals surface area contributed by atoms with Gasteiger partial charge >= 0.3 is 0 Å². The number of ether oxygens (including phenoxy) is 1. The van der Waals surface area contributed by atoms with Gasteiger partial charge in [0.05, 0.1) is 12.8 Å². The molecule has 1 aromatic heterocycles. The molecule has 1 N–H and O–H groups in total. The smallest absolute Gasteiger partial charge is 0.122 e. The van der Waals surface area contributed by atoms with Gasteiger partial charge in [0, 0.05) is 30.4 Å². The summed E-state index contributed by atoms with van der Waals surface area (Å²) in [7, 11) is 1.71. The van der Waals surface area contributed by atoms with Gasteiger partial charge in [-0.1, -0.05) is 26.2 Å². The van der Waals surface area contributed by atoms with Crippen LogP contribution in [-0.2, 0) is 6.54 Å². The van der Waals surface area contributed by atoms with E-state index >= 15 is 0 Å². The van der Waals surface area contributed by atoms with Gasteiger partial charge in [-0.2, -0.15) is 0 Å². The zero-order chi connectivity index (χ0) is 13.7. The molecule has 3 nitrogen and oxygen atoms in total. The first-order chi connectivity index (χ1) is 9.21. The highest BCUT2D eigenvalue weighted by Gasteiger charge is 2.20. The fourth-order valence-corrected chi connectivity index (χ4v) is 3.01. The lowest BCUT2D eigenvalue weighted by Crippen LogP contribution is -2.33. The van der Waals surface area contributed by atoms with Crippen LogP contribution in [0.5, 0.6) is 5.75 Å². The maximum atomic E-state index is 5.29. The summed E-state index contributed by atoms with van der Waals surface area (Å²) in [6, 6.07) is 4.66. The maximum absolute atomic E-state index is 5.29. The molecule has 0 bridgehead atoms. The number of hydrogen-bond acceptors (Lipinski definition) is 3. The zero-order valence-electron chi connectivity index (χ0n) is 12.4. The second-order valence-corrected chi connectivity index (χ2v) is 5.66. The third-order valence-corrected chi connectivity index (χ3v) is 4.15. The molecule has 1 heterocycles. The molecule has 19 heavy (non-hydrogen) atoms. The van der Waals surface area contributed by atoms with Crippen molar-refractivity contribution >= 4 is 0 Å². The van der Waals surface area contributed by atoms with Gasteiger partial charge < -0.3 is 10.1 Å². The molecule has 2 unspecified atom stereocenters. The van der Waals surface area contributed by atoms with Crippen molar-refractivity contribution in [2.75, 3.05) is 7.11 Å². The van der Waals surface area contributed by atoms with Crippen LogP contribution >= 0.6 is 0 Å². The van der Waals surface area contributed by atoms with Gasteiger partial charge in [0.15, 0.2) is 0 Å². The molecule has 1 aliphatic rings. The van der Waals surface area contributed by atoms with Crippen molar-refractivity contribution in [3.8, 4) is 5.75 Å². The number of pyridine rings is 1. The molecule has 0 radical (unpaired) electrons. The first kappa shape index (κ1) is 14.3. The van der Waals surface area contributed by atoms with Gasteiger partial charge in [-0.05, 0) is 25.7 Å². The molecule has 3 heteroatoms. The Morgan fingerprint density at radius 2 is 2.21 bits per heavy atom. The molecule has 0 saturated heterocycles. The van der Waals surface area contributed by atoms with Crippen molar-refractivity contribution in [1.29, 1.82) is 0 Å². The van der Waals surface area contributed by atoms with Gasteiger partial charge in [-0.3, -0.25) is 4.98 Å². The fourth-order valence-electron chi connectivity index (χ4n) is 3.01. The van der Waals surface area contributed by atoms with E-state index in [1.807, 2.05) is 19.1 Å². The van der Waals surface area contributed by atoms with Crippen molar-refractivity contribution in [1.82, 2.24) is 10.3 Å². The van der Waals surface area contributed by atoms with E-state index < -0.39 is 0 Å². The van der Waals surface area contributed by atoms with E-state index in [4.69, 9.17) is 4.74 Å². The van der Waals surface area contributed by atoms with Gasteiger partial charge in [-0.25, -0.2) is 0 Å². The Bertz CT molecular complexity index is 406. The Morgan fingerprint density at radius 3 is 2.95 bits per heavy atom. The van der Waals surface area contributed by atoms with Crippen LogP contribution in [0.4, 0.5) is 0 Å². The number of rotatable bonds is 5. The normalized spacial score (nSPS) is 23.3. The van der Waals surface area contributed by atoms with Crippen LogP contribution in [0.1, 0.15) is 50.4 Å². The molecular weight excluding hydrogens is 236 g/mol. The van der Waals surface area contributed by atoms with Crippen LogP contribution in [0.3, 0.4) is 0 Å². The second kappa shape index (κ2) is 6.90. The molecule has 1 fully saturated rings. The minimum absolute atomic E-state index is 0.659. The summed E-state index contributed by atoms with van der Waals surface area (Å²) in [6.07, 6.45) is 6.71. The van der Waals surface area contributed by atoms with Crippen molar-refractivity contribution in [2.24, 2.45) is 5.92 Å².